The van der Waals surface area contributed by atoms with Crippen LogP contribution in [0.3, 0.4) is 0 Å². The Labute approximate surface area is 92.9 Å². The lowest BCUT2D eigenvalue weighted by molar-refractivity contribution is 0.271. The second-order valence-electron chi connectivity index (χ2n) is 3.37. The molecule has 1 aliphatic heterocycles. The molecule has 4 heteroatoms. The largest absolute Gasteiger partial charge is 0.394 e. The van der Waals surface area contributed by atoms with E-state index in [9.17, 15) is 0 Å². The topological polar surface area (TPSA) is 23.5 Å². The summed E-state index contributed by atoms with van der Waals surface area (Å²) < 4.78 is 0. The van der Waals surface area contributed by atoms with E-state index in [2.05, 4.69) is 4.90 Å². The van der Waals surface area contributed by atoms with Crippen molar-refractivity contribution in [2.75, 3.05) is 24.3 Å². The van der Waals surface area contributed by atoms with Crippen LogP contribution >= 0.6 is 23.4 Å². The third-order valence-corrected chi connectivity index (χ3v) is 3.92. The molecule has 1 aromatic rings. The van der Waals surface area contributed by atoms with E-state index in [1.807, 2.05) is 25.2 Å². The van der Waals surface area contributed by atoms with E-state index in [-0.39, 0.29) is 12.6 Å². The SMILES string of the molecule is CN1c2ccc(Cl)cc2SCC1CO. The van der Waals surface area contributed by atoms with Gasteiger partial charge in [0.15, 0.2) is 0 Å². The highest BCUT2D eigenvalue weighted by molar-refractivity contribution is 7.99. The maximum atomic E-state index is 9.16. The van der Waals surface area contributed by atoms with E-state index in [0.29, 0.717) is 0 Å². The van der Waals surface area contributed by atoms with E-state index in [1.54, 1.807) is 11.8 Å². The number of anilines is 1. The van der Waals surface area contributed by atoms with Crippen LogP contribution in [-0.4, -0.2) is 30.6 Å². The fourth-order valence-electron chi connectivity index (χ4n) is 1.56. The molecule has 0 saturated carbocycles. The van der Waals surface area contributed by atoms with Crippen molar-refractivity contribution in [3.05, 3.63) is 23.2 Å². The number of thioether (sulfide) groups is 1. The van der Waals surface area contributed by atoms with Gasteiger partial charge in [-0.25, -0.2) is 0 Å². The monoisotopic (exact) mass is 229 g/mol. The van der Waals surface area contributed by atoms with Gasteiger partial charge in [0, 0.05) is 22.7 Å². The van der Waals surface area contributed by atoms with Gasteiger partial charge in [0.25, 0.3) is 0 Å². The highest BCUT2D eigenvalue weighted by Crippen LogP contribution is 2.37. The summed E-state index contributed by atoms with van der Waals surface area (Å²) in [4.78, 5) is 3.31. The number of hydrogen-bond donors (Lipinski definition) is 1. The molecule has 14 heavy (non-hydrogen) atoms. The quantitative estimate of drug-likeness (QED) is 0.799. The molecule has 0 aromatic heterocycles. The van der Waals surface area contributed by atoms with Gasteiger partial charge in [0.2, 0.25) is 0 Å². The van der Waals surface area contributed by atoms with Crippen LogP contribution in [0.5, 0.6) is 0 Å². The predicted octanol–water partition coefficient (Wildman–Crippen LogP) is 2.24. The smallest absolute Gasteiger partial charge is 0.0643 e. The lowest BCUT2D eigenvalue weighted by Crippen LogP contribution is -2.39. The van der Waals surface area contributed by atoms with Crippen molar-refractivity contribution in [3.8, 4) is 0 Å². The van der Waals surface area contributed by atoms with Crippen molar-refractivity contribution in [2.45, 2.75) is 10.9 Å². The van der Waals surface area contributed by atoms with Crippen molar-refractivity contribution in [2.24, 2.45) is 0 Å². The molecule has 1 atom stereocenters. The van der Waals surface area contributed by atoms with Crippen molar-refractivity contribution in [1.29, 1.82) is 0 Å². The van der Waals surface area contributed by atoms with Gasteiger partial charge in [-0.1, -0.05) is 11.6 Å². The van der Waals surface area contributed by atoms with Crippen molar-refractivity contribution in [1.82, 2.24) is 0 Å². The maximum absolute atomic E-state index is 9.16. The molecule has 1 aromatic carbocycles. The van der Waals surface area contributed by atoms with Crippen molar-refractivity contribution < 1.29 is 5.11 Å². The van der Waals surface area contributed by atoms with Gasteiger partial charge < -0.3 is 10.0 Å². The van der Waals surface area contributed by atoms with Crippen LogP contribution < -0.4 is 4.90 Å². The molecule has 0 spiro atoms. The summed E-state index contributed by atoms with van der Waals surface area (Å²) in [6.45, 7) is 0.200. The number of hydrogen-bond acceptors (Lipinski definition) is 3. The molecule has 76 valence electrons. The zero-order chi connectivity index (χ0) is 10.1. The number of rotatable bonds is 1. The average Bonchev–Trinajstić information content (AvgIpc) is 2.18. The zero-order valence-corrected chi connectivity index (χ0v) is 9.48. The van der Waals surface area contributed by atoms with Crippen molar-refractivity contribution in [3.63, 3.8) is 0 Å². The van der Waals surface area contributed by atoms with E-state index in [1.165, 1.54) is 4.90 Å². The van der Waals surface area contributed by atoms with Gasteiger partial charge in [-0.15, -0.1) is 11.8 Å². The highest BCUT2D eigenvalue weighted by atomic mass is 35.5. The van der Waals surface area contributed by atoms with Crippen LogP contribution in [0.1, 0.15) is 0 Å². The summed E-state index contributed by atoms with van der Waals surface area (Å²) in [6, 6.07) is 6.09. The number of benzene rings is 1. The van der Waals surface area contributed by atoms with E-state index in [4.69, 9.17) is 16.7 Å². The highest BCUT2D eigenvalue weighted by Gasteiger charge is 2.22. The molecular weight excluding hydrogens is 218 g/mol. The summed E-state index contributed by atoms with van der Waals surface area (Å²) in [6.07, 6.45) is 0. The molecule has 0 fully saturated rings. The Morgan fingerprint density at radius 3 is 3.14 bits per heavy atom. The molecule has 0 radical (unpaired) electrons. The van der Waals surface area contributed by atoms with E-state index in [0.717, 1.165) is 16.5 Å². The van der Waals surface area contributed by atoms with E-state index < -0.39 is 0 Å². The molecule has 0 bridgehead atoms. The van der Waals surface area contributed by atoms with Crippen LogP contribution in [0.25, 0.3) is 0 Å². The van der Waals surface area contributed by atoms with Crippen LogP contribution in [0.2, 0.25) is 5.02 Å². The third-order valence-electron chi connectivity index (χ3n) is 2.49. The fraction of sp³-hybridized carbons (Fsp3) is 0.400. The van der Waals surface area contributed by atoms with Gasteiger partial charge in [0.05, 0.1) is 18.3 Å². The minimum Gasteiger partial charge on any atom is -0.394 e. The Bertz CT molecular complexity index is 345. The Balaban J connectivity index is 2.36. The van der Waals surface area contributed by atoms with Crippen LogP contribution in [-0.2, 0) is 0 Å². The second kappa shape index (κ2) is 4.01. The molecule has 1 aliphatic rings. The lowest BCUT2D eigenvalue weighted by Gasteiger charge is -2.34. The first-order valence-corrected chi connectivity index (χ1v) is 5.85. The first-order chi connectivity index (χ1) is 6.72. The Kier molecular flexibility index (Phi) is 2.91. The van der Waals surface area contributed by atoms with Gasteiger partial charge in [-0.3, -0.25) is 0 Å². The lowest BCUT2D eigenvalue weighted by atomic mass is 10.2. The van der Waals surface area contributed by atoms with E-state index >= 15 is 0 Å². The Morgan fingerprint density at radius 1 is 1.64 bits per heavy atom. The molecule has 2 rings (SSSR count). The Morgan fingerprint density at radius 2 is 2.43 bits per heavy atom. The summed E-state index contributed by atoms with van der Waals surface area (Å²) in [5.74, 6) is 0.917. The number of nitrogens with zero attached hydrogens (tertiary/aromatic N) is 1. The standard InChI is InChI=1S/C10H12ClNOS/c1-12-8(5-13)6-14-10-4-7(11)2-3-9(10)12/h2-4,8,13H,5-6H2,1H3. The minimum atomic E-state index is 0.200. The molecule has 2 nitrogen and oxygen atoms in total. The number of halogens is 1. The van der Waals surface area contributed by atoms with Gasteiger partial charge in [-0.2, -0.15) is 0 Å². The first-order valence-electron chi connectivity index (χ1n) is 4.48. The summed E-state index contributed by atoms with van der Waals surface area (Å²) in [5.41, 5.74) is 1.16. The molecule has 0 saturated heterocycles. The minimum absolute atomic E-state index is 0.200. The molecular formula is C10H12ClNOS. The second-order valence-corrected chi connectivity index (χ2v) is 4.87. The van der Waals surface area contributed by atoms with Crippen LogP contribution in [0.15, 0.2) is 23.1 Å². The molecule has 1 unspecified atom stereocenters. The van der Waals surface area contributed by atoms with Crippen LogP contribution in [0, 0.1) is 0 Å². The predicted molar refractivity (Wildman–Crippen MR) is 61.5 cm³/mol. The number of aliphatic hydroxyl groups is 1. The van der Waals surface area contributed by atoms with Crippen LogP contribution in [0.4, 0.5) is 5.69 Å². The third kappa shape index (κ3) is 1.72. The van der Waals surface area contributed by atoms with Gasteiger partial charge in [0.1, 0.15) is 0 Å². The zero-order valence-electron chi connectivity index (χ0n) is 7.90. The van der Waals surface area contributed by atoms with Gasteiger partial charge in [-0.05, 0) is 18.2 Å². The molecule has 0 aliphatic carbocycles. The summed E-state index contributed by atoms with van der Waals surface area (Å²) in [5, 5.41) is 9.93. The summed E-state index contributed by atoms with van der Waals surface area (Å²) in [7, 11) is 2.01. The fourth-order valence-corrected chi connectivity index (χ4v) is 3.07. The number of aliphatic hydroxyl groups excluding tert-OH is 1. The first kappa shape index (κ1) is 10.1. The normalized spacial score (nSPS) is 20.8. The molecule has 1 heterocycles. The Hall–Kier alpha value is -0.380. The average molecular weight is 230 g/mol. The molecule has 1 N–H and O–H groups in total. The van der Waals surface area contributed by atoms with Gasteiger partial charge >= 0.3 is 0 Å². The number of likely N-dealkylation sites (N-methyl/N-ethyl adjacent to an activating group) is 1. The molecule has 0 amide bonds. The summed E-state index contributed by atoms with van der Waals surface area (Å²) >= 11 is 7.67. The van der Waals surface area contributed by atoms with Crippen molar-refractivity contribution >= 4 is 29.1 Å². The number of fused-ring (bicyclic) bond motifs is 1. The maximum Gasteiger partial charge on any atom is 0.0643 e.